The van der Waals surface area contributed by atoms with Crippen LogP contribution < -0.4 is 25.0 Å². The Morgan fingerprint density at radius 2 is 1.95 bits per heavy atom. The highest BCUT2D eigenvalue weighted by atomic mass is 32.2. The molecule has 1 heterocycles. The summed E-state index contributed by atoms with van der Waals surface area (Å²) in [5.74, 6) is 1.22. The summed E-state index contributed by atoms with van der Waals surface area (Å²) in [6.45, 7) is 1.73. The first-order valence-electron chi connectivity index (χ1n) is 11.6. The number of methoxy groups -OCH3 is 3. The molecule has 0 spiro atoms. The first-order valence-corrected chi connectivity index (χ1v) is 14.8. The van der Waals surface area contributed by atoms with Gasteiger partial charge in [-0.3, -0.25) is 14.6 Å². The van der Waals surface area contributed by atoms with E-state index in [1.807, 2.05) is 18.4 Å². The normalized spacial score (nSPS) is 14.3. The molecule has 4 rings (SSSR count). The summed E-state index contributed by atoms with van der Waals surface area (Å²) in [4.78, 5) is 31.7. The third-order valence-corrected chi connectivity index (χ3v) is 9.25. The Morgan fingerprint density at radius 3 is 2.55 bits per heavy atom. The highest BCUT2D eigenvalue weighted by molar-refractivity contribution is 7.98. The standard InChI is InChI=1S/C26H28N3O6S3/c1-13-21(37-26(28-13)38(27)32)12-22(31)29-17-8-6-14-10-19(33-2)24(34-3)25(35-4)23(14)15-7-9-20(36-5)18(30)11-16(15)17/h7,9-11,17,27H,6,8,12H2,1-5H3,(H,29,31)/q-1/t17-/m0/s1. The molecule has 38 heavy (non-hydrogen) atoms. The van der Waals surface area contributed by atoms with Gasteiger partial charge in [-0.05, 0) is 60.9 Å². The second kappa shape index (κ2) is 11.7. The number of rotatable bonds is 8. The number of ether oxygens (including phenoxy) is 3. The summed E-state index contributed by atoms with van der Waals surface area (Å²) in [5.41, 5.74) is 3.63. The smallest absolute Gasteiger partial charge is 0.225 e. The van der Waals surface area contributed by atoms with Crippen molar-refractivity contribution in [3.63, 3.8) is 0 Å². The number of thiazole rings is 1. The van der Waals surface area contributed by atoms with Crippen LogP contribution in [0.25, 0.3) is 11.1 Å². The summed E-state index contributed by atoms with van der Waals surface area (Å²) in [7, 11) is 2.71. The average Bonchev–Trinajstić information content (AvgIpc) is 3.09. The molecular weight excluding hydrogens is 547 g/mol. The SMILES string of the molecule is COc1cc2c(c(OC)c1OC)-c1ccc(SC)c(=O)cc1[C@@H](NC(=O)Cc1sc([S-](=N)=O)nc1C)CC2. The molecule has 1 amide bonds. The van der Waals surface area contributed by atoms with E-state index in [1.165, 1.54) is 11.8 Å². The maximum absolute atomic E-state index is 13.2. The predicted molar refractivity (Wildman–Crippen MR) is 148 cm³/mol. The number of carbonyl (C=O) groups is 1. The summed E-state index contributed by atoms with van der Waals surface area (Å²) in [5, 5.41) is 3.11. The molecule has 9 nitrogen and oxygen atoms in total. The molecule has 1 aliphatic rings. The molecule has 12 heteroatoms. The predicted octanol–water partition coefficient (Wildman–Crippen LogP) is 4.66. The molecule has 1 aliphatic carbocycles. The van der Waals surface area contributed by atoms with Crippen molar-refractivity contribution in [3.05, 3.63) is 56.2 Å². The van der Waals surface area contributed by atoms with E-state index in [2.05, 4.69) is 10.3 Å². The van der Waals surface area contributed by atoms with Gasteiger partial charge >= 0.3 is 0 Å². The maximum atomic E-state index is 13.2. The number of aryl methyl sites for hydroxylation is 2. The lowest BCUT2D eigenvalue weighted by Gasteiger charge is -2.20. The average molecular weight is 575 g/mol. The van der Waals surface area contributed by atoms with E-state index in [0.29, 0.717) is 51.1 Å². The summed E-state index contributed by atoms with van der Waals surface area (Å²) >= 11 is 2.46. The molecule has 0 saturated heterocycles. The van der Waals surface area contributed by atoms with Gasteiger partial charge in [0.25, 0.3) is 0 Å². The van der Waals surface area contributed by atoms with Gasteiger partial charge in [-0.2, -0.15) is 0 Å². The summed E-state index contributed by atoms with van der Waals surface area (Å²) < 4.78 is 36.1. The van der Waals surface area contributed by atoms with Crippen molar-refractivity contribution in [3.8, 4) is 28.4 Å². The minimum Gasteiger partial charge on any atom is -0.493 e. The van der Waals surface area contributed by atoms with Gasteiger partial charge in [0, 0.05) is 20.5 Å². The molecule has 0 fully saturated rings. The van der Waals surface area contributed by atoms with E-state index in [1.54, 1.807) is 40.4 Å². The van der Waals surface area contributed by atoms with Crippen LogP contribution in [-0.4, -0.2) is 38.5 Å². The Hall–Kier alpha value is -3.09. The molecule has 2 aromatic carbocycles. The molecular formula is C26H28N3O6S3-. The van der Waals surface area contributed by atoms with E-state index < -0.39 is 16.6 Å². The number of hydrogen-bond donors (Lipinski definition) is 2. The van der Waals surface area contributed by atoms with Gasteiger partial charge in [-0.1, -0.05) is 6.07 Å². The van der Waals surface area contributed by atoms with Crippen molar-refractivity contribution in [2.75, 3.05) is 27.6 Å². The number of benzene rings is 1. The summed E-state index contributed by atoms with van der Waals surface area (Å²) in [6, 6.07) is 6.73. The van der Waals surface area contributed by atoms with Gasteiger partial charge < -0.3 is 28.5 Å². The zero-order chi connectivity index (χ0) is 27.6. The number of nitrogens with one attached hydrogen (secondary N) is 2. The third-order valence-electron chi connectivity index (χ3n) is 6.41. The Kier molecular flexibility index (Phi) is 8.64. The highest BCUT2D eigenvalue weighted by Crippen LogP contribution is 2.50. The van der Waals surface area contributed by atoms with Crippen LogP contribution in [0.2, 0.25) is 0 Å². The highest BCUT2D eigenvalue weighted by Gasteiger charge is 2.30. The topological polar surface area (TPSA) is 128 Å². The number of hydrogen-bond acceptors (Lipinski definition) is 11. The largest absolute Gasteiger partial charge is 0.493 e. The van der Waals surface area contributed by atoms with Crippen LogP contribution in [0.1, 0.15) is 34.2 Å². The van der Waals surface area contributed by atoms with E-state index >= 15 is 0 Å². The monoisotopic (exact) mass is 574 g/mol. The van der Waals surface area contributed by atoms with Gasteiger partial charge in [0.1, 0.15) is 0 Å². The van der Waals surface area contributed by atoms with Gasteiger partial charge in [-0.25, -0.2) is 0 Å². The fourth-order valence-electron chi connectivity index (χ4n) is 4.65. The van der Waals surface area contributed by atoms with E-state index in [4.69, 9.17) is 19.0 Å². The molecule has 0 aliphatic heterocycles. The summed E-state index contributed by atoms with van der Waals surface area (Å²) in [6.07, 6.45) is 3.00. The number of nitrogens with zero attached hydrogens (tertiary/aromatic N) is 1. The molecule has 202 valence electrons. The first kappa shape index (κ1) is 27.9. The second-order valence-corrected chi connectivity index (χ2v) is 11.7. The maximum Gasteiger partial charge on any atom is 0.225 e. The fraction of sp³-hybridized carbons (Fsp3) is 0.346. The third kappa shape index (κ3) is 5.38. The van der Waals surface area contributed by atoms with Crippen molar-refractivity contribution >= 4 is 39.6 Å². The minimum absolute atomic E-state index is 0.0314. The minimum atomic E-state index is -1.96. The number of carbonyl (C=O) groups excluding carboxylic acids is 1. The van der Waals surface area contributed by atoms with Crippen molar-refractivity contribution in [1.82, 2.24) is 10.3 Å². The molecule has 1 aromatic heterocycles. The molecule has 0 saturated carbocycles. The lowest BCUT2D eigenvalue weighted by Crippen LogP contribution is -2.30. The molecule has 0 radical (unpaired) electrons. The Morgan fingerprint density at radius 1 is 1.21 bits per heavy atom. The van der Waals surface area contributed by atoms with Crippen molar-refractivity contribution < 1.29 is 23.2 Å². The lowest BCUT2D eigenvalue weighted by molar-refractivity contribution is -0.121. The lowest BCUT2D eigenvalue weighted by atomic mass is 9.95. The van der Waals surface area contributed by atoms with Crippen molar-refractivity contribution in [1.29, 1.82) is 4.78 Å². The number of thioether (sulfide) groups is 1. The van der Waals surface area contributed by atoms with Crippen molar-refractivity contribution in [2.45, 2.75) is 41.5 Å². The molecule has 1 atom stereocenters. The van der Waals surface area contributed by atoms with Crippen LogP contribution in [-0.2, 0) is 32.4 Å². The van der Waals surface area contributed by atoms with Crippen LogP contribution in [0.15, 0.2) is 38.3 Å². The van der Waals surface area contributed by atoms with Crippen LogP contribution >= 0.6 is 23.1 Å². The van der Waals surface area contributed by atoms with Crippen LogP contribution in [0.4, 0.5) is 0 Å². The molecule has 2 N–H and O–H groups in total. The van der Waals surface area contributed by atoms with E-state index in [-0.39, 0.29) is 22.1 Å². The van der Waals surface area contributed by atoms with Crippen LogP contribution in [0, 0.1) is 11.7 Å². The van der Waals surface area contributed by atoms with E-state index in [0.717, 1.165) is 28.0 Å². The Labute approximate surface area is 230 Å². The first-order chi connectivity index (χ1) is 18.2. The Bertz CT molecular complexity index is 1530. The molecule has 0 bridgehead atoms. The van der Waals surface area contributed by atoms with Crippen molar-refractivity contribution in [2.24, 2.45) is 0 Å². The van der Waals surface area contributed by atoms with Gasteiger partial charge in [-0.15, -0.1) is 33.7 Å². The van der Waals surface area contributed by atoms with Crippen LogP contribution in [0.5, 0.6) is 17.2 Å². The number of amides is 1. The zero-order valence-electron chi connectivity index (χ0n) is 21.6. The number of fused-ring (bicyclic) bond motifs is 3. The van der Waals surface area contributed by atoms with Gasteiger partial charge in [0.15, 0.2) is 16.9 Å². The van der Waals surface area contributed by atoms with Gasteiger partial charge in [0.05, 0.1) is 38.7 Å². The fourth-order valence-corrected chi connectivity index (χ4v) is 6.73. The second-order valence-electron chi connectivity index (χ2n) is 8.55. The van der Waals surface area contributed by atoms with Crippen LogP contribution in [0.3, 0.4) is 0 Å². The zero-order valence-corrected chi connectivity index (χ0v) is 24.1. The molecule has 3 aromatic rings. The van der Waals surface area contributed by atoms with Gasteiger partial charge in [0.2, 0.25) is 11.7 Å². The Balaban J connectivity index is 1.83. The molecule has 0 unspecified atom stereocenters. The number of aromatic nitrogens is 1. The quantitative estimate of drug-likeness (QED) is 0.294. The van der Waals surface area contributed by atoms with E-state index in [9.17, 15) is 13.8 Å².